The lowest BCUT2D eigenvalue weighted by molar-refractivity contribution is -0.330. The number of fused-ring (bicyclic) bond motifs is 2. The SMILES string of the molecule is CC(OC(=O)C(C)(C)C)OC(=O)C(F)(F)ON1C(=O)N2CC=C(c3cnoc3)C1C2. The number of amides is 2. The number of carbonyl (C=O) groups excluding carboxylic acids is 3. The molecule has 1 saturated heterocycles. The molecule has 0 aliphatic carbocycles. The standard InChI is InChI=1S/C18H21F2N3O7/c1-10(28-14(24)17(2,3)4)29-15(25)18(19,20)30-23-13-8-22(16(23)26)6-5-12(13)11-7-21-27-9-11/h5,7,9-10,13H,6,8H2,1-4H3. The van der Waals surface area contributed by atoms with E-state index in [1.807, 2.05) is 0 Å². The van der Waals surface area contributed by atoms with Gasteiger partial charge in [0.2, 0.25) is 6.29 Å². The van der Waals surface area contributed by atoms with Gasteiger partial charge in [0.15, 0.2) is 0 Å². The van der Waals surface area contributed by atoms with E-state index in [9.17, 15) is 23.2 Å². The summed E-state index contributed by atoms with van der Waals surface area (Å²) in [7, 11) is 0. The fourth-order valence-electron chi connectivity index (χ4n) is 2.85. The number of aromatic nitrogens is 1. The van der Waals surface area contributed by atoms with Gasteiger partial charge in [-0.1, -0.05) is 11.2 Å². The Morgan fingerprint density at radius 3 is 2.53 bits per heavy atom. The van der Waals surface area contributed by atoms with Crippen molar-refractivity contribution < 1.29 is 42.0 Å². The molecular weight excluding hydrogens is 408 g/mol. The van der Waals surface area contributed by atoms with E-state index in [4.69, 9.17) is 9.26 Å². The van der Waals surface area contributed by atoms with Crippen LogP contribution in [0.2, 0.25) is 0 Å². The van der Waals surface area contributed by atoms with Gasteiger partial charge in [-0.2, -0.15) is 18.7 Å². The van der Waals surface area contributed by atoms with Gasteiger partial charge < -0.3 is 18.9 Å². The van der Waals surface area contributed by atoms with Crippen molar-refractivity contribution in [2.24, 2.45) is 5.41 Å². The molecule has 2 bridgehead atoms. The molecule has 2 amide bonds. The van der Waals surface area contributed by atoms with Gasteiger partial charge in [-0.25, -0.2) is 9.59 Å². The minimum absolute atomic E-state index is 0.0839. The van der Waals surface area contributed by atoms with Gasteiger partial charge in [0.05, 0.1) is 18.2 Å². The summed E-state index contributed by atoms with van der Waals surface area (Å²) in [6, 6.07) is -1.73. The third-order valence-corrected chi connectivity index (χ3v) is 4.40. The van der Waals surface area contributed by atoms with Crippen LogP contribution in [0.4, 0.5) is 13.6 Å². The lowest BCUT2D eigenvalue weighted by Crippen LogP contribution is -2.46. The highest BCUT2D eigenvalue weighted by atomic mass is 19.3. The first-order valence-electron chi connectivity index (χ1n) is 9.07. The van der Waals surface area contributed by atoms with Crippen molar-refractivity contribution in [3.8, 4) is 0 Å². The molecule has 1 fully saturated rings. The quantitative estimate of drug-likeness (QED) is 0.500. The first kappa shape index (κ1) is 21.7. The van der Waals surface area contributed by atoms with Crippen LogP contribution in [0.3, 0.4) is 0 Å². The Morgan fingerprint density at radius 1 is 1.27 bits per heavy atom. The molecule has 2 aliphatic heterocycles. The third kappa shape index (κ3) is 4.27. The van der Waals surface area contributed by atoms with Crippen LogP contribution in [0.1, 0.15) is 33.3 Å². The summed E-state index contributed by atoms with van der Waals surface area (Å²) in [4.78, 5) is 41.9. The number of hydroxylamine groups is 2. The molecular formula is C18H21F2N3O7. The number of esters is 2. The third-order valence-electron chi connectivity index (χ3n) is 4.40. The monoisotopic (exact) mass is 429 g/mol. The molecule has 0 radical (unpaired) electrons. The number of rotatable bonds is 6. The zero-order valence-corrected chi connectivity index (χ0v) is 16.8. The second-order valence-corrected chi connectivity index (χ2v) is 7.84. The number of urea groups is 1. The van der Waals surface area contributed by atoms with Gasteiger partial charge >= 0.3 is 24.1 Å². The van der Waals surface area contributed by atoms with Gasteiger partial charge in [0.1, 0.15) is 12.3 Å². The van der Waals surface area contributed by atoms with Crippen molar-refractivity contribution in [3.05, 3.63) is 24.1 Å². The lowest BCUT2D eigenvalue weighted by atomic mass is 9.97. The summed E-state index contributed by atoms with van der Waals surface area (Å²) in [5, 5.41) is 3.99. The van der Waals surface area contributed by atoms with Crippen molar-refractivity contribution in [2.45, 2.75) is 46.1 Å². The molecule has 10 nitrogen and oxygen atoms in total. The first-order valence-corrected chi connectivity index (χ1v) is 9.07. The van der Waals surface area contributed by atoms with Crippen LogP contribution in [0.15, 0.2) is 23.1 Å². The summed E-state index contributed by atoms with van der Waals surface area (Å²) >= 11 is 0. The van der Waals surface area contributed by atoms with Crippen molar-refractivity contribution >= 4 is 23.5 Å². The topological polar surface area (TPSA) is 111 Å². The van der Waals surface area contributed by atoms with Crippen LogP contribution in [0, 0.1) is 5.41 Å². The summed E-state index contributed by atoms with van der Waals surface area (Å²) < 4.78 is 42.9. The molecule has 12 heteroatoms. The molecule has 30 heavy (non-hydrogen) atoms. The Bertz CT molecular complexity index is 864. The molecule has 2 unspecified atom stereocenters. The number of alkyl halides is 2. The molecule has 1 aromatic heterocycles. The van der Waals surface area contributed by atoms with Crippen LogP contribution in [0.25, 0.3) is 5.57 Å². The molecule has 0 saturated carbocycles. The molecule has 2 aliphatic rings. The predicted octanol–water partition coefficient (Wildman–Crippen LogP) is 2.18. The van der Waals surface area contributed by atoms with E-state index in [0.29, 0.717) is 16.2 Å². The summed E-state index contributed by atoms with van der Waals surface area (Å²) in [6.45, 7) is 6.02. The number of nitrogens with zero attached hydrogens (tertiary/aromatic N) is 3. The Hall–Kier alpha value is -3.02. The van der Waals surface area contributed by atoms with Crippen molar-refractivity contribution in [1.82, 2.24) is 15.1 Å². The second-order valence-electron chi connectivity index (χ2n) is 7.84. The maximum absolute atomic E-state index is 14.4. The Labute approximate surface area is 170 Å². The summed E-state index contributed by atoms with van der Waals surface area (Å²) in [6.07, 6.45) is -1.74. The zero-order valence-electron chi connectivity index (χ0n) is 16.8. The van der Waals surface area contributed by atoms with E-state index in [1.54, 1.807) is 26.8 Å². The molecule has 0 spiro atoms. The minimum Gasteiger partial charge on any atom is -0.425 e. The second kappa shape index (κ2) is 7.67. The normalized spacial score (nSPS) is 20.1. The molecule has 3 heterocycles. The highest BCUT2D eigenvalue weighted by Crippen LogP contribution is 2.35. The molecule has 1 aromatic rings. The van der Waals surface area contributed by atoms with E-state index in [2.05, 4.69) is 14.7 Å². The molecule has 2 atom stereocenters. The Balaban J connectivity index is 1.68. The summed E-state index contributed by atoms with van der Waals surface area (Å²) in [5.74, 6) is -2.84. The molecule has 3 rings (SSSR count). The van der Waals surface area contributed by atoms with Gasteiger partial charge in [0, 0.05) is 19.0 Å². The van der Waals surface area contributed by atoms with Crippen LogP contribution in [0.5, 0.6) is 0 Å². The predicted molar refractivity (Wildman–Crippen MR) is 94.2 cm³/mol. The van der Waals surface area contributed by atoms with Crippen LogP contribution in [-0.2, 0) is 23.9 Å². The van der Waals surface area contributed by atoms with Gasteiger partial charge in [-0.05, 0) is 26.3 Å². The van der Waals surface area contributed by atoms with E-state index < -0.39 is 41.8 Å². The summed E-state index contributed by atoms with van der Waals surface area (Å²) in [5.41, 5.74) is 0.0738. The van der Waals surface area contributed by atoms with E-state index in [1.165, 1.54) is 17.4 Å². The Kier molecular flexibility index (Phi) is 5.54. The largest absolute Gasteiger partial charge is 0.477 e. The fourth-order valence-corrected chi connectivity index (χ4v) is 2.85. The lowest BCUT2D eigenvalue weighted by Gasteiger charge is -2.27. The zero-order chi connectivity index (χ0) is 22.3. The minimum atomic E-state index is -4.50. The maximum Gasteiger partial charge on any atom is 0.477 e. The van der Waals surface area contributed by atoms with Gasteiger partial charge in [-0.3, -0.25) is 4.79 Å². The Morgan fingerprint density at radius 2 is 1.93 bits per heavy atom. The average Bonchev–Trinajstić information content (AvgIpc) is 3.25. The number of hydrogen-bond acceptors (Lipinski definition) is 8. The number of carbonyl (C=O) groups is 3. The highest BCUT2D eigenvalue weighted by Gasteiger charge is 2.53. The van der Waals surface area contributed by atoms with E-state index >= 15 is 0 Å². The maximum atomic E-state index is 14.4. The van der Waals surface area contributed by atoms with Crippen LogP contribution < -0.4 is 0 Å². The molecule has 0 N–H and O–H groups in total. The average molecular weight is 429 g/mol. The van der Waals surface area contributed by atoms with Gasteiger partial charge in [0.25, 0.3) is 0 Å². The number of ether oxygens (including phenoxy) is 2. The molecule has 0 aromatic carbocycles. The fraction of sp³-hybridized carbons (Fsp3) is 0.556. The van der Waals surface area contributed by atoms with E-state index in [0.717, 1.165) is 6.92 Å². The van der Waals surface area contributed by atoms with Gasteiger partial charge in [-0.15, -0.1) is 0 Å². The number of halogens is 2. The highest BCUT2D eigenvalue weighted by molar-refractivity contribution is 5.85. The van der Waals surface area contributed by atoms with Crippen LogP contribution >= 0.6 is 0 Å². The van der Waals surface area contributed by atoms with Crippen molar-refractivity contribution in [3.63, 3.8) is 0 Å². The molecule has 164 valence electrons. The van der Waals surface area contributed by atoms with Crippen molar-refractivity contribution in [2.75, 3.05) is 13.1 Å². The number of hydrogen-bond donors (Lipinski definition) is 0. The smallest absolute Gasteiger partial charge is 0.425 e. The van der Waals surface area contributed by atoms with Crippen molar-refractivity contribution in [1.29, 1.82) is 0 Å². The van der Waals surface area contributed by atoms with E-state index in [-0.39, 0.29) is 13.1 Å². The van der Waals surface area contributed by atoms with Crippen LogP contribution in [-0.4, -0.2) is 64.6 Å². The first-order chi connectivity index (χ1) is 13.9.